The van der Waals surface area contributed by atoms with Gasteiger partial charge in [-0.1, -0.05) is 18.2 Å². The molecule has 0 aromatic heterocycles. The number of nitrogens with zero attached hydrogens (tertiary/aromatic N) is 1. The maximum absolute atomic E-state index is 3.61. The van der Waals surface area contributed by atoms with Gasteiger partial charge in [0.05, 0.1) is 0 Å². The highest BCUT2D eigenvalue weighted by molar-refractivity contribution is 5.61. The number of likely N-dealkylation sites (N-methyl/N-ethyl adjacent to an activating group) is 1. The van der Waals surface area contributed by atoms with E-state index < -0.39 is 0 Å². The summed E-state index contributed by atoms with van der Waals surface area (Å²) in [6.07, 6.45) is 3.94. The molecule has 0 saturated heterocycles. The third-order valence-electron chi connectivity index (χ3n) is 4.51. The van der Waals surface area contributed by atoms with Gasteiger partial charge in [-0.15, -0.1) is 0 Å². The predicted octanol–water partition coefficient (Wildman–Crippen LogP) is 2.23. The molecular weight excluding hydrogens is 234 g/mol. The van der Waals surface area contributed by atoms with Gasteiger partial charge in [0.15, 0.2) is 0 Å². The maximum Gasteiger partial charge on any atom is 0.0419 e. The topological polar surface area (TPSA) is 27.3 Å². The molecule has 1 atom stereocenters. The molecule has 1 aromatic carbocycles. The fraction of sp³-hybridized carbons (Fsp3) is 0.625. The second-order valence-electron chi connectivity index (χ2n) is 6.00. The third-order valence-corrected chi connectivity index (χ3v) is 4.51. The molecule has 3 heteroatoms. The highest BCUT2D eigenvalue weighted by atomic mass is 15.2. The molecule has 1 heterocycles. The molecule has 1 aliphatic heterocycles. The lowest BCUT2D eigenvalue weighted by molar-refractivity contribution is 0.241. The molecule has 19 heavy (non-hydrogen) atoms. The van der Waals surface area contributed by atoms with Crippen molar-refractivity contribution in [1.29, 1.82) is 0 Å². The highest BCUT2D eigenvalue weighted by Crippen LogP contribution is 2.27. The molecule has 1 aliphatic carbocycles. The summed E-state index contributed by atoms with van der Waals surface area (Å²) >= 11 is 0. The Morgan fingerprint density at radius 1 is 1.42 bits per heavy atom. The first kappa shape index (κ1) is 12.9. The van der Waals surface area contributed by atoms with Gasteiger partial charge >= 0.3 is 0 Å². The molecule has 3 rings (SSSR count). The Morgan fingerprint density at radius 2 is 2.26 bits per heavy atom. The summed E-state index contributed by atoms with van der Waals surface area (Å²) < 4.78 is 0. The van der Waals surface area contributed by atoms with Crippen molar-refractivity contribution in [3.8, 4) is 0 Å². The van der Waals surface area contributed by atoms with Crippen LogP contribution in [0.15, 0.2) is 18.2 Å². The van der Waals surface area contributed by atoms with E-state index in [1.807, 2.05) is 0 Å². The SMILES string of the molecule is CC(CNCc1cccc2c1NCC2)N(C)C1CC1. The minimum absolute atomic E-state index is 0.622. The van der Waals surface area contributed by atoms with Crippen LogP contribution in [-0.4, -0.2) is 37.1 Å². The fourth-order valence-electron chi connectivity index (χ4n) is 2.96. The van der Waals surface area contributed by atoms with E-state index in [1.165, 1.54) is 36.1 Å². The lowest BCUT2D eigenvalue weighted by atomic mass is 10.1. The molecule has 104 valence electrons. The zero-order valence-corrected chi connectivity index (χ0v) is 12.1. The monoisotopic (exact) mass is 259 g/mol. The number of anilines is 1. The molecule has 2 aliphatic rings. The smallest absolute Gasteiger partial charge is 0.0419 e. The molecule has 1 aromatic rings. The number of nitrogens with one attached hydrogen (secondary N) is 2. The molecule has 0 radical (unpaired) electrons. The zero-order valence-electron chi connectivity index (χ0n) is 12.1. The second kappa shape index (κ2) is 5.51. The quantitative estimate of drug-likeness (QED) is 0.820. The van der Waals surface area contributed by atoms with Crippen molar-refractivity contribution in [3.05, 3.63) is 29.3 Å². The summed E-state index contributed by atoms with van der Waals surface area (Å²) in [6, 6.07) is 8.13. The van der Waals surface area contributed by atoms with Gasteiger partial charge in [0.2, 0.25) is 0 Å². The Kier molecular flexibility index (Phi) is 3.76. The van der Waals surface area contributed by atoms with Crippen LogP contribution >= 0.6 is 0 Å². The van der Waals surface area contributed by atoms with Gasteiger partial charge in [0.1, 0.15) is 0 Å². The molecule has 3 nitrogen and oxygen atoms in total. The van der Waals surface area contributed by atoms with Crippen LogP contribution < -0.4 is 10.6 Å². The van der Waals surface area contributed by atoms with Crippen LogP contribution in [0.2, 0.25) is 0 Å². The third kappa shape index (κ3) is 2.93. The Labute approximate surface area is 116 Å². The van der Waals surface area contributed by atoms with Crippen molar-refractivity contribution in [1.82, 2.24) is 10.2 Å². The first-order valence-corrected chi connectivity index (χ1v) is 7.53. The number of hydrogen-bond donors (Lipinski definition) is 2. The van der Waals surface area contributed by atoms with Crippen LogP contribution in [0.1, 0.15) is 30.9 Å². The van der Waals surface area contributed by atoms with E-state index in [0.29, 0.717) is 6.04 Å². The van der Waals surface area contributed by atoms with E-state index in [4.69, 9.17) is 0 Å². The first-order valence-electron chi connectivity index (χ1n) is 7.53. The van der Waals surface area contributed by atoms with Crippen molar-refractivity contribution in [2.75, 3.05) is 25.5 Å². The zero-order chi connectivity index (χ0) is 13.2. The summed E-state index contributed by atoms with van der Waals surface area (Å²) in [7, 11) is 2.26. The molecule has 2 N–H and O–H groups in total. The predicted molar refractivity (Wildman–Crippen MR) is 80.6 cm³/mol. The van der Waals surface area contributed by atoms with Gasteiger partial charge < -0.3 is 10.6 Å². The average Bonchev–Trinajstić information content (AvgIpc) is 3.15. The van der Waals surface area contributed by atoms with Crippen LogP contribution in [0.4, 0.5) is 5.69 Å². The van der Waals surface area contributed by atoms with E-state index in [0.717, 1.165) is 25.7 Å². The summed E-state index contributed by atoms with van der Waals surface area (Å²) in [5, 5.41) is 7.12. The Morgan fingerprint density at radius 3 is 3.05 bits per heavy atom. The molecule has 0 bridgehead atoms. The lowest BCUT2D eigenvalue weighted by Crippen LogP contribution is -2.39. The van der Waals surface area contributed by atoms with Crippen LogP contribution in [0.5, 0.6) is 0 Å². The van der Waals surface area contributed by atoms with Gasteiger partial charge in [-0.2, -0.15) is 0 Å². The molecule has 0 spiro atoms. The van der Waals surface area contributed by atoms with Crippen molar-refractivity contribution in [2.45, 2.75) is 44.8 Å². The fourth-order valence-corrected chi connectivity index (χ4v) is 2.96. The van der Waals surface area contributed by atoms with Gasteiger partial charge in [-0.05, 0) is 44.4 Å². The summed E-state index contributed by atoms with van der Waals surface area (Å²) in [5.74, 6) is 0. The Hall–Kier alpha value is -1.06. The van der Waals surface area contributed by atoms with E-state index in [1.54, 1.807) is 0 Å². The lowest BCUT2D eigenvalue weighted by Gasteiger charge is -2.25. The molecule has 1 saturated carbocycles. The number of rotatable bonds is 6. The summed E-state index contributed by atoms with van der Waals surface area (Å²) in [4.78, 5) is 2.51. The largest absolute Gasteiger partial charge is 0.384 e. The minimum atomic E-state index is 0.622. The van der Waals surface area contributed by atoms with E-state index in [2.05, 4.69) is 47.7 Å². The van der Waals surface area contributed by atoms with Crippen molar-refractivity contribution < 1.29 is 0 Å². The van der Waals surface area contributed by atoms with Gasteiger partial charge in [0.25, 0.3) is 0 Å². The molecule has 1 fully saturated rings. The van der Waals surface area contributed by atoms with Gasteiger partial charge in [-0.25, -0.2) is 0 Å². The number of fused-ring (bicyclic) bond motifs is 1. The standard InChI is InChI=1S/C16H25N3/c1-12(19(2)15-6-7-15)10-17-11-14-5-3-4-13-8-9-18-16(13)14/h3-5,12,15,17-18H,6-11H2,1-2H3. The summed E-state index contributed by atoms with van der Waals surface area (Å²) in [5.41, 5.74) is 4.26. The Balaban J connectivity index is 1.51. The summed E-state index contributed by atoms with van der Waals surface area (Å²) in [6.45, 7) is 5.45. The highest BCUT2D eigenvalue weighted by Gasteiger charge is 2.28. The van der Waals surface area contributed by atoms with Crippen molar-refractivity contribution in [3.63, 3.8) is 0 Å². The number of hydrogen-bond acceptors (Lipinski definition) is 3. The molecular formula is C16H25N3. The van der Waals surface area contributed by atoms with E-state index in [9.17, 15) is 0 Å². The van der Waals surface area contributed by atoms with Crippen LogP contribution in [0.25, 0.3) is 0 Å². The van der Waals surface area contributed by atoms with E-state index in [-0.39, 0.29) is 0 Å². The normalized spacial score (nSPS) is 19.3. The molecule has 0 amide bonds. The Bertz CT molecular complexity index is 440. The van der Waals surface area contributed by atoms with Crippen molar-refractivity contribution in [2.24, 2.45) is 0 Å². The maximum atomic E-state index is 3.61. The van der Waals surface area contributed by atoms with E-state index >= 15 is 0 Å². The van der Waals surface area contributed by atoms with Crippen molar-refractivity contribution >= 4 is 5.69 Å². The van der Waals surface area contributed by atoms with Crippen LogP contribution in [0, 0.1) is 0 Å². The second-order valence-corrected chi connectivity index (χ2v) is 6.00. The van der Waals surface area contributed by atoms with Gasteiger partial charge in [0, 0.05) is 37.4 Å². The van der Waals surface area contributed by atoms with Crippen LogP contribution in [0.3, 0.4) is 0 Å². The first-order chi connectivity index (χ1) is 9.25. The minimum Gasteiger partial charge on any atom is -0.384 e. The van der Waals surface area contributed by atoms with Crippen LogP contribution in [-0.2, 0) is 13.0 Å². The average molecular weight is 259 g/mol. The number of benzene rings is 1. The molecule has 1 unspecified atom stereocenters. The number of para-hydroxylation sites is 1. The van der Waals surface area contributed by atoms with Gasteiger partial charge in [-0.3, -0.25) is 4.90 Å².